The maximum absolute atomic E-state index is 12.9. The summed E-state index contributed by atoms with van der Waals surface area (Å²) in [6.07, 6.45) is 8.17. The molecule has 1 aromatic heterocycles. The van der Waals surface area contributed by atoms with Gasteiger partial charge in [-0.05, 0) is 30.5 Å². The third kappa shape index (κ3) is 3.41. The molecule has 1 fully saturated rings. The predicted molar refractivity (Wildman–Crippen MR) is 106 cm³/mol. The summed E-state index contributed by atoms with van der Waals surface area (Å²) in [6, 6.07) is 5.19. The number of hydrogen-bond acceptors (Lipinski definition) is 4. The van der Waals surface area contributed by atoms with Gasteiger partial charge in [-0.3, -0.25) is 19.4 Å². The zero-order chi connectivity index (χ0) is 19.7. The summed E-state index contributed by atoms with van der Waals surface area (Å²) < 4.78 is 7.10. The minimum absolute atomic E-state index is 0.0349. The van der Waals surface area contributed by atoms with E-state index in [0.717, 1.165) is 31.2 Å². The molecule has 2 heterocycles. The minimum atomic E-state index is -0.364. The van der Waals surface area contributed by atoms with Crippen molar-refractivity contribution in [1.29, 1.82) is 0 Å². The number of rotatable bonds is 3. The number of nitrogens with zero attached hydrogens (tertiary/aromatic N) is 1. The molecule has 0 bridgehead atoms. The van der Waals surface area contributed by atoms with E-state index in [1.165, 1.54) is 26.4 Å². The van der Waals surface area contributed by atoms with E-state index in [2.05, 4.69) is 10.4 Å². The monoisotopic (exact) mass is 385 g/mol. The number of hydrogen-bond donors (Lipinski definition) is 3. The Morgan fingerprint density at radius 3 is 2.54 bits per heavy atom. The van der Waals surface area contributed by atoms with Crippen LogP contribution < -0.4 is 15.6 Å². The summed E-state index contributed by atoms with van der Waals surface area (Å²) >= 11 is 0. The van der Waals surface area contributed by atoms with Crippen molar-refractivity contribution in [3.05, 3.63) is 39.7 Å². The number of amides is 1. The van der Waals surface area contributed by atoms with E-state index in [1.54, 1.807) is 18.2 Å². The van der Waals surface area contributed by atoms with E-state index < -0.39 is 0 Å². The second-order valence-electron chi connectivity index (χ2n) is 7.81. The van der Waals surface area contributed by atoms with Gasteiger partial charge in [0.25, 0.3) is 5.56 Å². The molecule has 2 aromatic rings. The molecule has 0 radical (unpaired) electrons. The van der Waals surface area contributed by atoms with E-state index in [1.807, 2.05) is 4.68 Å². The fourth-order valence-corrected chi connectivity index (χ4v) is 4.55. The van der Waals surface area contributed by atoms with Crippen molar-refractivity contribution in [3.63, 3.8) is 0 Å². The number of carbonyl (C=O) groups is 1. The summed E-state index contributed by atoms with van der Waals surface area (Å²) in [5, 5.41) is 15.8. The number of benzene rings is 1. The van der Waals surface area contributed by atoms with Gasteiger partial charge in [-0.1, -0.05) is 38.2 Å². The topological polar surface area (TPSA) is 96.4 Å². The molecule has 2 aliphatic rings. The zero-order valence-corrected chi connectivity index (χ0v) is 16.2. The smallest absolute Gasteiger partial charge is 0.270 e. The first-order valence-corrected chi connectivity index (χ1v) is 10.1. The van der Waals surface area contributed by atoms with E-state index in [9.17, 15) is 14.7 Å². The van der Waals surface area contributed by atoms with Gasteiger partial charge in [-0.25, -0.2) is 0 Å². The first-order chi connectivity index (χ1) is 13.6. The predicted octanol–water partition coefficient (Wildman–Crippen LogP) is 3.65. The Morgan fingerprint density at radius 2 is 1.82 bits per heavy atom. The number of aromatic nitrogens is 2. The molecule has 1 aromatic carbocycles. The van der Waals surface area contributed by atoms with Crippen LogP contribution in [0.5, 0.6) is 11.5 Å². The normalized spacial score (nSPS) is 20.8. The van der Waals surface area contributed by atoms with Gasteiger partial charge in [0, 0.05) is 12.3 Å². The highest BCUT2D eigenvalue weighted by Gasteiger charge is 2.34. The van der Waals surface area contributed by atoms with Gasteiger partial charge < -0.3 is 15.2 Å². The van der Waals surface area contributed by atoms with E-state index >= 15 is 0 Å². The van der Waals surface area contributed by atoms with Gasteiger partial charge in [-0.2, -0.15) is 0 Å². The average Bonchev–Trinajstić information content (AvgIpc) is 2.97. The molecule has 0 saturated heterocycles. The lowest BCUT2D eigenvalue weighted by Gasteiger charge is -2.27. The van der Waals surface area contributed by atoms with Gasteiger partial charge in [0.1, 0.15) is 5.82 Å². The number of fused-ring (bicyclic) bond motifs is 1. The van der Waals surface area contributed by atoms with Gasteiger partial charge >= 0.3 is 0 Å². The summed E-state index contributed by atoms with van der Waals surface area (Å²) in [4.78, 5) is 25.4. The molecule has 28 heavy (non-hydrogen) atoms. The Hall–Kier alpha value is -2.70. The Morgan fingerprint density at radius 1 is 1.11 bits per heavy atom. The molecule has 1 unspecified atom stereocenters. The molecular weight excluding hydrogens is 358 g/mol. The lowest BCUT2D eigenvalue weighted by Crippen LogP contribution is -2.27. The molecule has 7 heteroatoms. The maximum Gasteiger partial charge on any atom is 0.270 e. The number of carbonyl (C=O) groups excluding carboxylic acids is 1. The van der Waals surface area contributed by atoms with Crippen LogP contribution in [0.25, 0.3) is 0 Å². The largest absolute Gasteiger partial charge is 0.504 e. The maximum atomic E-state index is 12.9. The van der Waals surface area contributed by atoms with Crippen molar-refractivity contribution in [3.8, 4) is 11.5 Å². The molecule has 4 rings (SSSR count). The van der Waals surface area contributed by atoms with E-state index in [4.69, 9.17) is 4.74 Å². The fraction of sp³-hybridized carbons (Fsp3) is 0.524. The summed E-state index contributed by atoms with van der Waals surface area (Å²) in [7, 11) is 1.48. The highest BCUT2D eigenvalue weighted by atomic mass is 16.5. The standard InChI is InChI=1S/C21H27N3O4/c1-28-17-11-13(9-10-16(17)25)15-12-18(26)22-20-19(15)21(27)23-24(20)14-7-5-3-2-4-6-8-14/h9-11,14-15,25H,2-8,12H2,1H3,(H,22,26)(H,23,27). The molecule has 1 saturated carbocycles. The fourth-order valence-electron chi connectivity index (χ4n) is 4.55. The number of aromatic hydroxyl groups is 1. The Bertz CT molecular complexity index is 922. The molecule has 7 nitrogen and oxygen atoms in total. The molecular formula is C21H27N3O4. The van der Waals surface area contributed by atoms with Crippen LogP contribution in [-0.4, -0.2) is 27.9 Å². The zero-order valence-electron chi connectivity index (χ0n) is 16.2. The molecule has 150 valence electrons. The van der Waals surface area contributed by atoms with Crippen molar-refractivity contribution >= 4 is 11.7 Å². The van der Waals surface area contributed by atoms with Crippen molar-refractivity contribution in [2.75, 3.05) is 12.4 Å². The Kier molecular flexibility index (Phi) is 5.15. The minimum Gasteiger partial charge on any atom is -0.504 e. The first kappa shape index (κ1) is 18.7. The third-order valence-corrected chi connectivity index (χ3v) is 6.00. The van der Waals surface area contributed by atoms with Crippen LogP contribution in [0, 0.1) is 0 Å². The number of ether oxygens (including phenoxy) is 1. The van der Waals surface area contributed by atoms with Crippen molar-refractivity contribution in [1.82, 2.24) is 9.78 Å². The van der Waals surface area contributed by atoms with Crippen molar-refractivity contribution in [2.24, 2.45) is 0 Å². The first-order valence-electron chi connectivity index (χ1n) is 10.1. The molecule has 1 amide bonds. The molecule has 3 N–H and O–H groups in total. The number of phenols is 1. The van der Waals surface area contributed by atoms with Crippen LogP contribution >= 0.6 is 0 Å². The molecule has 1 aliphatic carbocycles. The Balaban J connectivity index is 1.75. The van der Waals surface area contributed by atoms with E-state index in [0.29, 0.717) is 17.1 Å². The van der Waals surface area contributed by atoms with Gasteiger partial charge in [0.2, 0.25) is 5.91 Å². The van der Waals surface area contributed by atoms with Gasteiger partial charge in [0.15, 0.2) is 11.5 Å². The van der Waals surface area contributed by atoms with Crippen LogP contribution in [0.3, 0.4) is 0 Å². The molecule has 0 spiro atoms. The summed E-state index contributed by atoms with van der Waals surface area (Å²) in [6.45, 7) is 0. The average molecular weight is 385 g/mol. The quantitative estimate of drug-likeness (QED) is 0.751. The highest BCUT2D eigenvalue weighted by molar-refractivity contribution is 5.94. The summed E-state index contributed by atoms with van der Waals surface area (Å²) in [5.41, 5.74) is 1.22. The lowest BCUT2D eigenvalue weighted by molar-refractivity contribution is -0.116. The van der Waals surface area contributed by atoms with Gasteiger partial charge in [-0.15, -0.1) is 0 Å². The third-order valence-electron chi connectivity index (χ3n) is 6.00. The number of anilines is 1. The van der Waals surface area contributed by atoms with Crippen molar-refractivity contribution in [2.45, 2.75) is 63.3 Å². The van der Waals surface area contributed by atoms with Crippen molar-refractivity contribution < 1.29 is 14.6 Å². The van der Waals surface area contributed by atoms with E-state index in [-0.39, 0.29) is 35.6 Å². The lowest BCUT2D eigenvalue weighted by atomic mass is 9.87. The highest BCUT2D eigenvalue weighted by Crippen LogP contribution is 2.40. The summed E-state index contributed by atoms with van der Waals surface area (Å²) in [5.74, 6) is 0.498. The molecule has 1 aliphatic heterocycles. The molecule has 1 atom stereocenters. The van der Waals surface area contributed by atoms with Crippen LogP contribution in [-0.2, 0) is 4.79 Å². The second kappa shape index (κ2) is 7.73. The second-order valence-corrected chi connectivity index (χ2v) is 7.81. The number of phenolic OH excluding ortho intramolecular Hbond substituents is 1. The van der Waals surface area contributed by atoms with Gasteiger partial charge in [0.05, 0.1) is 18.7 Å². The van der Waals surface area contributed by atoms with Crippen LogP contribution in [0.4, 0.5) is 5.82 Å². The van der Waals surface area contributed by atoms with Crippen LogP contribution in [0.1, 0.15) is 74.5 Å². The van der Waals surface area contributed by atoms with Crippen LogP contribution in [0.15, 0.2) is 23.0 Å². The number of nitrogens with one attached hydrogen (secondary N) is 2. The number of aromatic amines is 1. The SMILES string of the molecule is COc1cc(C2CC(=O)Nc3c2c(=O)[nH]n3C2CCCCCCC2)ccc1O. The van der Waals surface area contributed by atoms with Crippen LogP contribution in [0.2, 0.25) is 0 Å². The Labute approximate surface area is 163 Å². The number of methoxy groups -OCH3 is 1. The number of H-pyrrole nitrogens is 1.